The summed E-state index contributed by atoms with van der Waals surface area (Å²) in [6.45, 7) is 0. The van der Waals surface area contributed by atoms with Gasteiger partial charge >= 0.3 is 0 Å². The second kappa shape index (κ2) is 4.09. The fraction of sp³-hybridized carbons (Fsp3) is 0.333. The molecule has 0 aromatic heterocycles. The van der Waals surface area contributed by atoms with E-state index in [1.165, 1.54) is 0 Å². The van der Waals surface area contributed by atoms with Crippen LogP contribution in [0.15, 0.2) is 68.5 Å². The van der Waals surface area contributed by atoms with E-state index in [9.17, 15) is 0 Å². The maximum absolute atomic E-state index is 4.90. The molecule has 4 nitrogen and oxygen atoms in total. The highest BCUT2D eigenvalue weighted by Crippen LogP contribution is 2.41. The number of fused-ring (bicyclic) bond motifs is 2. The van der Waals surface area contributed by atoms with Crippen LogP contribution in [-0.2, 0) is 0 Å². The van der Waals surface area contributed by atoms with Gasteiger partial charge in [0.05, 0.1) is 21.4 Å². The van der Waals surface area contributed by atoms with Crippen LogP contribution in [0, 0.1) is 0 Å². The van der Waals surface area contributed by atoms with Crippen LogP contribution in [0.25, 0.3) is 0 Å². The Morgan fingerprint density at radius 3 is 1.05 bits per heavy atom. The maximum atomic E-state index is 4.90. The standard InChI is InChI=1S/C18H16N4/c1-2-6-14-13(5-1)19-17(20-14)9-11-18(12-10-17)21-15-7-3-4-8-16(15)22-18/h1-8H,9-12H2. The fourth-order valence-electron chi connectivity index (χ4n) is 3.75. The Morgan fingerprint density at radius 1 is 0.500 bits per heavy atom. The van der Waals surface area contributed by atoms with E-state index in [1.807, 2.05) is 24.3 Å². The molecule has 0 amide bonds. The number of hydrogen-bond donors (Lipinski definition) is 0. The summed E-state index contributed by atoms with van der Waals surface area (Å²) in [5.74, 6) is 0. The molecule has 0 bridgehead atoms. The van der Waals surface area contributed by atoms with Gasteiger partial charge in [-0.05, 0) is 49.9 Å². The molecular formula is C18H16N4. The maximum Gasteiger partial charge on any atom is 0.151 e. The van der Waals surface area contributed by atoms with Gasteiger partial charge in [0.15, 0.2) is 11.3 Å². The highest BCUT2D eigenvalue weighted by Gasteiger charge is 2.44. The van der Waals surface area contributed by atoms with Gasteiger partial charge in [-0.1, -0.05) is 24.3 Å². The molecule has 2 aromatic carbocycles. The Balaban J connectivity index is 1.50. The van der Waals surface area contributed by atoms with E-state index in [4.69, 9.17) is 20.0 Å². The van der Waals surface area contributed by atoms with Crippen LogP contribution in [0.1, 0.15) is 25.7 Å². The molecule has 0 N–H and O–H groups in total. The third-order valence-corrected chi connectivity index (χ3v) is 4.93. The molecule has 22 heavy (non-hydrogen) atoms. The van der Waals surface area contributed by atoms with E-state index in [-0.39, 0.29) is 11.3 Å². The van der Waals surface area contributed by atoms with Crippen molar-refractivity contribution in [3.05, 3.63) is 70.0 Å². The number of nitrogens with zero attached hydrogens (tertiary/aromatic N) is 4. The van der Waals surface area contributed by atoms with Crippen LogP contribution in [0.5, 0.6) is 0 Å². The molecule has 1 saturated carbocycles. The van der Waals surface area contributed by atoms with Crippen molar-refractivity contribution in [1.82, 2.24) is 0 Å². The number of para-hydroxylation sites is 4. The van der Waals surface area contributed by atoms with Crippen molar-refractivity contribution < 1.29 is 0 Å². The molecule has 108 valence electrons. The second-order valence-corrected chi connectivity index (χ2v) is 6.39. The first-order chi connectivity index (χ1) is 10.8. The third-order valence-electron chi connectivity index (χ3n) is 4.93. The zero-order valence-corrected chi connectivity index (χ0v) is 12.2. The van der Waals surface area contributed by atoms with Crippen molar-refractivity contribution in [3.63, 3.8) is 0 Å². The topological polar surface area (TPSA) is 49.4 Å². The Morgan fingerprint density at radius 2 is 0.773 bits per heavy atom. The van der Waals surface area contributed by atoms with E-state index in [0.717, 1.165) is 47.1 Å². The van der Waals surface area contributed by atoms with Gasteiger partial charge in [0.25, 0.3) is 0 Å². The van der Waals surface area contributed by atoms with Crippen LogP contribution in [0.2, 0.25) is 0 Å². The average molecular weight is 288 g/mol. The molecule has 0 radical (unpaired) electrons. The van der Waals surface area contributed by atoms with E-state index >= 15 is 0 Å². The van der Waals surface area contributed by atoms with Crippen LogP contribution in [0.4, 0.5) is 0 Å². The summed E-state index contributed by atoms with van der Waals surface area (Å²) in [5.41, 5.74) is -0.538. The predicted octanol–water partition coefficient (Wildman–Crippen LogP) is 0.859. The molecule has 2 spiro atoms. The van der Waals surface area contributed by atoms with Crippen LogP contribution in [0.3, 0.4) is 0 Å². The van der Waals surface area contributed by atoms with E-state index in [0.29, 0.717) is 0 Å². The van der Waals surface area contributed by atoms with Gasteiger partial charge in [0.2, 0.25) is 0 Å². The van der Waals surface area contributed by atoms with E-state index in [1.54, 1.807) is 0 Å². The quantitative estimate of drug-likeness (QED) is 0.690. The normalized spacial score (nSPS) is 22.2. The van der Waals surface area contributed by atoms with Crippen LogP contribution < -0.4 is 21.4 Å². The van der Waals surface area contributed by atoms with Crippen molar-refractivity contribution in [2.24, 2.45) is 20.0 Å². The lowest BCUT2D eigenvalue weighted by molar-refractivity contribution is 0.215. The Kier molecular flexibility index (Phi) is 2.27. The van der Waals surface area contributed by atoms with Gasteiger partial charge in [-0.3, -0.25) is 20.0 Å². The van der Waals surface area contributed by atoms with Crippen molar-refractivity contribution in [2.45, 2.75) is 37.0 Å². The molecule has 3 aliphatic rings. The molecule has 0 saturated heterocycles. The Hall–Kier alpha value is -2.36. The zero-order chi connectivity index (χ0) is 14.6. The van der Waals surface area contributed by atoms with Gasteiger partial charge in [-0.25, -0.2) is 0 Å². The highest BCUT2D eigenvalue weighted by atomic mass is 15.2. The minimum atomic E-state index is -0.269. The smallest absolute Gasteiger partial charge is 0.151 e. The first-order valence-electron chi connectivity index (χ1n) is 7.86. The summed E-state index contributed by atoms with van der Waals surface area (Å²) < 4.78 is 0. The Labute approximate surface area is 127 Å². The van der Waals surface area contributed by atoms with E-state index < -0.39 is 0 Å². The van der Waals surface area contributed by atoms with Gasteiger partial charge in [-0.2, -0.15) is 0 Å². The summed E-state index contributed by atoms with van der Waals surface area (Å²) in [6, 6.07) is 16.3. The summed E-state index contributed by atoms with van der Waals surface area (Å²) in [6.07, 6.45) is 3.68. The van der Waals surface area contributed by atoms with Crippen LogP contribution >= 0.6 is 0 Å². The predicted molar refractivity (Wildman–Crippen MR) is 81.4 cm³/mol. The fourth-order valence-corrected chi connectivity index (χ4v) is 3.75. The van der Waals surface area contributed by atoms with Crippen molar-refractivity contribution in [2.75, 3.05) is 0 Å². The lowest BCUT2D eigenvalue weighted by Gasteiger charge is -2.36. The van der Waals surface area contributed by atoms with Gasteiger partial charge < -0.3 is 0 Å². The number of benzene rings is 2. The van der Waals surface area contributed by atoms with Crippen molar-refractivity contribution in [3.8, 4) is 0 Å². The average Bonchev–Trinajstić information content (AvgIpc) is 3.09. The minimum absolute atomic E-state index is 0.269. The van der Waals surface area contributed by atoms with Crippen molar-refractivity contribution in [1.29, 1.82) is 0 Å². The molecule has 5 rings (SSSR count). The molecule has 2 heterocycles. The lowest BCUT2D eigenvalue weighted by atomic mass is 9.83. The molecule has 2 aromatic rings. The molecule has 2 aliphatic heterocycles. The molecule has 0 unspecified atom stereocenters. The minimum Gasteiger partial charge on any atom is -0.253 e. The largest absolute Gasteiger partial charge is 0.253 e. The zero-order valence-electron chi connectivity index (χ0n) is 12.2. The molecule has 0 atom stereocenters. The van der Waals surface area contributed by atoms with Crippen molar-refractivity contribution >= 4 is 0 Å². The first-order valence-corrected chi connectivity index (χ1v) is 7.86. The molecule has 4 heteroatoms. The summed E-state index contributed by atoms with van der Waals surface area (Å²) in [5, 5.41) is 4.12. The van der Waals surface area contributed by atoms with Crippen LogP contribution in [-0.4, -0.2) is 11.3 Å². The first kappa shape index (κ1) is 12.2. The highest BCUT2D eigenvalue weighted by molar-refractivity contribution is 5.13. The third kappa shape index (κ3) is 1.70. The number of rotatable bonds is 0. The van der Waals surface area contributed by atoms with Gasteiger partial charge in [0.1, 0.15) is 0 Å². The molecule has 1 fully saturated rings. The summed E-state index contributed by atoms with van der Waals surface area (Å²) in [7, 11) is 0. The lowest BCUT2D eigenvalue weighted by Crippen LogP contribution is -2.38. The summed E-state index contributed by atoms with van der Waals surface area (Å²) >= 11 is 0. The summed E-state index contributed by atoms with van der Waals surface area (Å²) in [4.78, 5) is 19.6. The van der Waals surface area contributed by atoms with E-state index in [2.05, 4.69) is 24.3 Å². The SMILES string of the molecule is c1ccc2c(c1)=NC1(CCC3(CC1)N=c1ccccc1=N3)N=2. The molecule has 1 aliphatic carbocycles. The Bertz CT molecular complexity index is 840. The monoisotopic (exact) mass is 288 g/mol. The van der Waals surface area contributed by atoms with Gasteiger partial charge in [-0.15, -0.1) is 0 Å². The molecular weight excluding hydrogens is 272 g/mol. The number of hydrogen-bond acceptors (Lipinski definition) is 4. The second-order valence-electron chi connectivity index (χ2n) is 6.39. The van der Waals surface area contributed by atoms with Gasteiger partial charge in [0, 0.05) is 0 Å².